The predicted octanol–water partition coefficient (Wildman–Crippen LogP) is 4.21. The molecule has 0 aromatic heterocycles. The van der Waals surface area contributed by atoms with E-state index in [2.05, 4.69) is 5.32 Å². The first-order valence-electron chi connectivity index (χ1n) is 8.43. The van der Waals surface area contributed by atoms with Gasteiger partial charge in [0.2, 0.25) is 5.91 Å². The van der Waals surface area contributed by atoms with E-state index in [-0.39, 0.29) is 23.7 Å². The molecule has 0 saturated heterocycles. The Morgan fingerprint density at radius 1 is 1.12 bits per heavy atom. The Morgan fingerprint density at radius 2 is 1.73 bits per heavy atom. The van der Waals surface area contributed by atoms with Crippen molar-refractivity contribution in [3.05, 3.63) is 70.5 Å². The first-order chi connectivity index (χ1) is 12.4. The topological polar surface area (TPSA) is 49.4 Å². The second-order valence-electron chi connectivity index (χ2n) is 6.10. The molecule has 0 aliphatic heterocycles. The van der Waals surface area contributed by atoms with Crippen molar-refractivity contribution in [2.45, 2.75) is 25.8 Å². The van der Waals surface area contributed by atoms with E-state index in [1.165, 1.54) is 12.1 Å². The minimum atomic E-state index is -0.300. The van der Waals surface area contributed by atoms with Gasteiger partial charge in [0.15, 0.2) is 0 Å². The zero-order chi connectivity index (χ0) is 19.1. The molecule has 2 amide bonds. The van der Waals surface area contributed by atoms with Crippen LogP contribution in [0.15, 0.2) is 48.5 Å². The average molecular weight is 377 g/mol. The molecule has 2 aromatic carbocycles. The zero-order valence-electron chi connectivity index (χ0n) is 14.8. The molecule has 0 radical (unpaired) electrons. The van der Waals surface area contributed by atoms with Crippen molar-refractivity contribution in [3.63, 3.8) is 0 Å². The van der Waals surface area contributed by atoms with Gasteiger partial charge in [0.1, 0.15) is 5.82 Å². The van der Waals surface area contributed by atoms with Crippen LogP contribution in [-0.4, -0.2) is 30.3 Å². The van der Waals surface area contributed by atoms with Crippen LogP contribution in [0.2, 0.25) is 5.02 Å². The number of hydrogen-bond acceptors (Lipinski definition) is 2. The molecule has 0 heterocycles. The van der Waals surface area contributed by atoms with Gasteiger partial charge in [-0.2, -0.15) is 0 Å². The maximum atomic E-state index is 13.0. The van der Waals surface area contributed by atoms with Crippen LogP contribution in [0.4, 0.5) is 4.39 Å². The first-order valence-corrected chi connectivity index (χ1v) is 8.81. The van der Waals surface area contributed by atoms with E-state index in [0.717, 1.165) is 5.56 Å². The number of carbonyl (C=O) groups is 2. The molecule has 0 bridgehead atoms. The lowest BCUT2D eigenvalue weighted by Crippen LogP contribution is -2.31. The summed E-state index contributed by atoms with van der Waals surface area (Å²) in [5.41, 5.74) is 1.40. The number of rotatable bonds is 7. The highest BCUT2D eigenvalue weighted by Crippen LogP contribution is 2.20. The first kappa shape index (κ1) is 19.9. The van der Waals surface area contributed by atoms with Gasteiger partial charge in [0.25, 0.3) is 5.91 Å². The SMILES string of the molecule is CC(c1ccc(F)cc1)N(C)C(=O)CCCNC(=O)c1ccc(Cl)cc1. The minimum Gasteiger partial charge on any atom is -0.352 e. The zero-order valence-corrected chi connectivity index (χ0v) is 15.6. The molecule has 26 heavy (non-hydrogen) atoms. The van der Waals surface area contributed by atoms with E-state index in [1.54, 1.807) is 48.3 Å². The highest BCUT2D eigenvalue weighted by Gasteiger charge is 2.17. The molecule has 0 saturated carbocycles. The van der Waals surface area contributed by atoms with Crippen molar-refractivity contribution in [2.24, 2.45) is 0 Å². The monoisotopic (exact) mass is 376 g/mol. The minimum absolute atomic E-state index is 0.0254. The second kappa shape index (κ2) is 9.34. The molecule has 0 aliphatic rings. The molecule has 2 aromatic rings. The third-order valence-corrected chi connectivity index (χ3v) is 4.54. The van der Waals surface area contributed by atoms with Crippen molar-refractivity contribution in [1.29, 1.82) is 0 Å². The van der Waals surface area contributed by atoms with Gasteiger partial charge in [-0.25, -0.2) is 4.39 Å². The van der Waals surface area contributed by atoms with Crippen LogP contribution in [0.5, 0.6) is 0 Å². The maximum Gasteiger partial charge on any atom is 0.251 e. The summed E-state index contributed by atoms with van der Waals surface area (Å²) in [5.74, 6) is -0.518. The van der Waals surface area contributed by atoms with Gasteiger partial charge < -0.3 is 10.2 Å². The van der Waals surface area contributed by atoms with Crippen LogP contribution in [0.3, 0.4) is 0 Å². The number of benzene rings is 2. The summed E-state index contributed by atoms with van der Waals surface area (Å²) in [6.07, 6.45) is 0.863. The molecule has 4 nitrogen and oxygen atoms in total. The van der Waals surface area contributed by atoms with Crippen LogP contribution in [0.1, 0.15) is 41.7 Å². The molecule has 0 fully saturated rings. The van der Waals surface area contributed by atoms with Crippen LogP contribution in [-0.2, 0) is 4.79 Å². The molecule has 2 rings (SSSR count). The van der Waals surface area contributed by atoms with Crippen molar-refractivity contribution < 1.29 is 14.0 Å². The van der Waals surface area contributed by atoms with E-state index < -0.39 is 0 Å². The third-order valence-electron chi connectivity index (χ3n) is 4.29. The smallest absolute Gasteiger partial charge is 0.251 e. The van der Waals surface area contributed by atoms with E-state index in [4.69, 9.17) is 11.6 Å². The number of nitrogens with zero attached hydrogens (tertiary/aromatic N) is 1. The van der Waals surface area contributed by atoms with Crippen LogP contribution in [0.25, 0.3) is 0 Å². The molecule has 1 N–H and O–H groups in total. The summed E-state index contributed by atoms with van der Waals surface area (Å²) in [4.78, 5) is 25.9. The summed E-state index contributed by atoms with van der Waals surface area (Å²) >= 11 is 5.79. The average Bonchev–Trinajstić information content (AvgIpc) is 2.64. The lowest BCUT2D eigenvalue weighted by Gasteiger charge is -2.25. The second-order valence-corrected chi connectivity index (χ2v) is 6.53. The van der Waals surface area contributed by atoms with E-state index in [1.807, 2.05) is 6.92 Å². The number of halogens is 2. The Kier molecular flexibility index (Phi) is 7.16. The lowest BCUT2D eigenvalue weighted by molar-refractivity contribution is -0.131. The van der Waals surface area contributed by atoms with Crippen molar-refractivity contribution in [1.82, 2.24) is 10.2 Å². The molecular formula is C20H22ClFN2O2. The van der Waals surface area contributed by atoms with Crippen LogP contribution in [0, 0.1) is 5.82 Å². The summed E-state index contributed by atoms with van der Waals surface area (Å²) in [7, 11) is 1.72. The fourth-order valence-electron chi connectivity index (χ4n) is 2.50. The number of carbonyl (C=O) groups excluding carboxylic acids is 2. The summed E-state index contributed by atoms with van der Waals surface area (Å²) < 4.78 is 13.0. The molecule has 138 valence electrons. The summed E-state index contributed by atoms with van der Waals surface area (Å²) in [6, 6.07) is 12.6. The Hall–Kier alpha value is -2.40. The Morgan fingerprint density at radius 3 is 2.35 bits per heavy atom. The normalized spacial score (nSPS) is 11.7. The molecular weight excluding hydrogens is 355 g/mol. The van der Waals surface area contributed by atoms with Gasteiger partial charge >= 0.3 is 0 Å². The highest BCUT2D eigenvalue weighted by molar-refractivity contribution is 6.30. The van der Waals surface area contributed by atoms with Crippen molar-refractivity contribution in [2.75, 3.05) is 13.6 Å². The predicted molar refractivity (Wildman–Crippen MR) is 101 cm³/mol. The Labute approximate surface area is 158 Å². The van der Waals surface area contributed by atoms with Crippen LogP contribution < -0.4 is 5.32 Å². The number of nitrogens with one attached hydrogen (secondary N) is 1. The highest BCUT2D eigenvalue weighted by atomic mass is 35.5. The largest absolute Gasteiger partial charge is 0.352 e. The van der Waals surface area contributed by atoms with E-state index in [9.17, 15) is 14.0 Å². The quantitative estimate of drug-likeness (QED) is 0.736. The number of hydrogen-bond donors (Lipinski definition) is 1. The maximum absolute atomic E-state index is 13.0. The number of amides is 2. The van der Waals surface area contributed by atoms with Crippen molar-refractivity contribution in [3.8, 4) is 0 Å². The van der Waals surface area contributed by atoms with E-state index >= 15 is 0 Å². The summed E-state index contributed by atoms with van der Waals surface area (Å²) in [5, 5.41) is 3.36. The molecule has 1 unspecified atom stereocenters. The third kappa shape index (κ3) is 5.56. The fraction of sp³-hybridized carbons (Fsp3) is 0.300. The molecule has 1 atom stereocenters. The molecule has 0 spiro atoms. The van der Waals surface area contributed by atoms with Gasteiger partial charge in [-0.05, 0) is 55.3 Å². The van der Waals surface area contributed by atoms with Gasteiger partial charge in [0.05, 0.1) is 6.04 Å². The van der Waals surface area contributed by atoms with Crippen LogP contribution >= 0.6 is 11.6 Å². The fourth-order valence-corrected chi connectivity index (χ4v) is 2.63. The molecule has 0 aliphatic carbocycles. The van der Waals surface area contributed by atoms with E-state index in [0.29, 0.717) is 30.0 Å². The standard InChI is InChI=1S/C20H22ClFN2O2/c1-14(15-7-11-18(22)12-8-15)24(2)19(25)4-3-13-23-20(26)16-5-9-17(21)10-6-16/h5-12,14H,3-4,13H2,1-2H3,(H,23,26). The van der Waals surface area contributed by atoms with Gasteiger partial charge in [-0.15, -0.1) is 0 Å². The Balaban J connectivity index is 1.76. The lowest BCUT2D eigenvalue weighted by atomic mass is 10.1. The summed E-state index contributed by atoms with van der Waals surface area (Å²) in [6.45, 7) is 2.30. The Bertz CT molecular complexity index is 747. The van der Waals surface area contributed by atoms with Gasteiger partial charge in [0, 0.05) is 30.6 Å². The van der Waals surface area contributed by atoms with Gasteiger partial charge in [-0.3, -0.25) is 9.59 Å². The van der Waals surface area contributed by atoms with Crippen molar-refractivity contribution >= 4 is 23.4 Å². The molecule has 6 heteroatoms. The van der Waals surface area contributed by atoms with Gasteiger partial charge in [-0.1, -0.05) is 23.7 Å².